The first-order valence-electron chi connectivity index (χ1n) is 4.46. The van der Waals surface area contributed by atoms with Crippen LogP contribution in [0.25, 0.3) is 0 Å². The van der Waals surface area contributed by atoms with Gasteiger partial charge in [0, 0.05) is 6.54 Å². The SMILES string of the molecule is CC(Oc1ccc(CN)cc1)C(F)(F)F.Cl. The molecule has 1 rings (SSSR count). The van der Waals surface area contributed by atoms with Crippen LogP contribution in [0.4, 0.5) is 13.2 Å². The third-order valence-corrected chi connectivity index (χ3v) is 1.93. The van der Waals surface area contributed by atoms with Crippen LogP contribution in [0.1, 0.15) is 12.5 Å². The average Bonchev–Trinajstić information content (AvgIpc) is 2.17. The lowest BCUT2D eigenvalue weighted by Crippen LogP contribution is -2.31. The number of halogens is 4. The van der Waals surface area contributed by atoms with Crippen molar-refractivity contribution in [1.29, 1.82) is 0 Å². The molecule has 0 radical (unpaired) electrons. The number of ether oxygens (including phenoxy) is 1. The predicted molar refractivity (Wildman–Crippen MR) is 57.7 cm³/mol. The fraction of sp³-hybridized carbons (Fsp3) is 0.400. The molecule has 1 atom stereocenters. The van der Waals surface area contributed by atoms with Crippen LogP contribution in [0.3, 0.4) is 0 Å². The van der Waals surface area contributed by atoms with E-state index in [0.717, 1.165) is 12.5 Å². The highest BCUT2D eigenvalue weighted by atomic mass is 35.5. The van der Waals surface area contributed by atoms with Gasteiger partial charge in [-0.05, 0) is 24.6 Å². The van der Waals surface area contributed by atoms with Crippen LogP contribution in [0.5, 0.6) is 5.75 Å². The predicted octanol–water partition coefficient (Wildman–Crippen LogP) is 2.90. The number of hydrogen-bond acceptors (Lipinski definition) is 2. The van der Waals surface area contributed by atoms with Crippen molar-refractivity contribution < 1.29 is 17.9 Å². The van der Waals surface area contributed by atoms with Gasteiger partial charge in [-0.3, -0.25) is 0 Å². The molecule has 1 aromatic carbocycles. The molecule has 0 bridgehead atoms. The summed E-state index contributed by atoms with van der Waals surface area (Å²) < 4.78 is 41.1. The summed E-state index contributed by atoms with van der Waals surface area (Å²) in [6.07, 6.45) is -6.15. The summed E-state index contributed by atoms with van der Waals surface area (Å²) in [7, 11) is 0. The van der Waals surface area contributed by atoms with E-state index in [9.17, 15) is 13.2 Å². The maximum atomic E-state index is 12.1. The van der Waals surface area contributed by atoms with Crippen molar-refractivity contribution in [3.8, 4) is 5.75 Å². The van der Waals surface area contributed by atoms with Crippen molar-refractivity contribution in [2.75, 3.05) is 0 Å². The Kier molecular flexibility index (Phi) is 5.61. The zero-order valence-electron chi connectivity index (χ0n) is 8.62. The van der Waals surface area contributed by atoms with Gasteiger partial charge in [-0.15, -0.1) is 12.4 Å². The smallest absolute Gasteiger partial charge is 0.425 e. The van der Waals surface area contributed by atoms with E-state index in [1.165, 1.54) is 12.1 Å². The van der Waals surface area contributed by atoms with Crippen LogP contribution in [0, 0.1) is 0 Å². The summed E-state index contributed by atoms with van der Waals surface area (Å²) in [4.78, 5) is 0. The summed E-state index contributed by atoms with van der Waals surface area (Å²) >= 11 is 0. The molecule has 0 aliphatic rings. The highest BCUT2D eigenvalue weighted by Crippen LogP contribution is 2.24. The maximum absolute atomic E-state index is 12.1. The molecule has 16 heavy (non-hydrogen) atoms. The van der Waals surface area contributed by atoms with Crippen LogP contribution in [0.15, 0.2) is 24.3 Å². The molecule has 0 saturated carbocycles. The van der Waals surface area contributed by atoms with Crippen molar-refractivity contribution in [2.24, 2.45) is 5.73 Å². The summed E-state index contributed by atoms with van der Waals surface area (Å²) in [6.45, 7) is 1.33. The third kappa shape index (κ3) is 4.28. The maximum Gasteiger partial charge on any atom is 0.425 e. The summed E-state index contributed by atoms with van der Waals surface area (Å²) in [5.41, 5.74) is 6.20. The molecule has 0 saturated heterocycles. The molecule has 0 aliphatic carbocycles. The number of alkyl halides is 3. The van der Waals surface area contributed by atoms with Gasteiger partial charge < -0.3 is 10.5 Å². The second-order valence-corrected chi connectivity index (χ2v) is 3.15. The lowest BCUT2D eigenvalue weighted by Gasteiger charge is -2.17. The minimum Gasteiger partial charge on any atom is -0.481 e. The Labute approximate surface area is 98.0 Å². The van der Waals surface area contributed by atoms with Crippen molar-refractivity contribution in [3.05, 3.63) is 29.8 Å². The van der Waals surface area contributed by atoms with E-state index in [2.05, 4.69) is 0 Å². The minimum absolute atomic E-state index is 0. The lowest BCUT2D eigenvalue weighted by atomic mass is 10.2. The second-order valence-electron chi connectivity index (χ2n) is 3.15. The van der Waals surface area contributed by atoms with Gasteiger partial charge in [0.15, 0.2) is 6.10 Å². The van der Waals surface area contributed by atoms with E-state index >= 15 is 0 Å². The molecule has 0 spiro atoms. The Balaban J connectivity index is 0.00000225. The summed E-state index contributed by atoms with van der Waals surface area (Å²) in [6, 6.07) is 6.23. The lowest BCUT2D eigenvalue weighted by molar-refractivity contribution is -0.189. The van der Waals surface area contributed by atoms with Crippen LogP contribution in [-0.4, -0.2) is 12.3 Å². The Morgan fingerprint density at radius 2 is 1.75 bits per heavy atom. The monoisotopic (exact) mass is 255 g/mol. The van der Waals surface area contributed by atoms with E-state index in [1.54, 1.807) is 12.1 Å². The van der Waals surface area contributed by atoms with Crippen LogP contribution in [-0.2, 0) is 6.54 Å². The molecule has 0 aromatic heterocycles. The van der Waals surface area contributed by atoms with E-state index < -0.39 is 12.3 Å². The summed E-state index contributed by atoms with van der Waals surface area (Å²) in [5, 5.41) is 0. The van der Waals surface area contributed by atoms with E-state index in [4.69, 9.17) is 10.5 Å². The van der Waals surface area contributed by atoms with E-state index in [0.29, 0.717) is 6.54 Å². The van der Waals surface area contributed by atoms with Gasteiger partial charge in [-0.1, -0.05) is 12.1 Å². The number of hydrogen-bond donors (Lipinski definition) is 1. The zero-order valence-corrected chi connectivity index (χ0v) is 9.44. The second kappa shape index (κ2) is 5.96. The largest absolute Gasteiger partial charge is 0.481 e. The Morgan fingerprint density at radius 1 is 1.25 bits per heavy atom. The molecule has 0 heterocycles. The molecule has 0 amide bonds. The van der Waals surface area contributed by atoms with Gasteiger partial charge in [-0.25, -0.2) is 0 Å². The molecular formula is C10H13ClF3NO. The first-order chi connectivity index (χ1) is 6.93. The molecule has 92 valence electrons. The molecule has 1 aromatic rings. The molecule has 1 unspecified atom stereocenters. The van der Waals surface area contributed by atoms with Gasteiger partial charge in [0.2, 0.25) is 0 Å². The van der Waals surface area contributed by atoms with Crippen molar-refractivity contribution in [2.45, 2.75) is 25.7 Å². The van der Waals surface area contributed by atoms with E-state index in [1.807, 2.05) is 0 Å². The molecule has 6 heteroatoms. The van der Waals surface area contributed by atoms with Gasteiger partial charge in [-0.2, -0.15) is 13.2 Å². The van der Waals surface area contributed by atoms with Gasteiger partial charge in [0.25, 0.3) is 0 Å². The quantitative estimate of drug-likeness (QED) is 0.901. The van der Waals surface area contributed by atoms with Crippen molar-refractivity contribution >= 4 is 12.4 Å². The Bertz CT molecular complexity index is 313. The fourth-order valence-electron chi connectivity index (χ4n) is 0.975. The summed E-state index contributed by atoms with van der Waals surface area (Å²) in [5.74, 6) is 0.192. The molecular weight excluding hydrogens is 243 g/mol. The minimum atomic E-state index is -4.34. The number of nitrogens with two attached hydrogens (primary N) is 1. The average molecular weight is 256 g/mol. The highest BCUT2D eigenvalue weighted by Gasteiger charge is 2.37. The molecule has 2 N–H and O–H groups in total. The third-order valence-electron chi connectivity index (χ3n) is 1.93. The van der Waals surface area contributed by atoms with Gasteiger partial charge >= 0.3 is 6.18 Å². The Morgan fingerprint density at radius 3 is 2.12 bits per heavy atom. The molecule has 0 fully saturated rings. The van der Waals surface area contributed by atoms with Crippen LogP contribution in [0.2, 0.25) is 0 Å². The number of rotatable bonds is 3. The van der Waals surface area contributed by atoms with Crippen LogP contribution >= 0.6 is 12.4 Å². The van der Waals surface area contributed by atoms with E-state index in [-0.39, 0.29) is 18.2 Å². The van der Waals surface area contributed by atoms with Crippen molar-refractivity contribution in [1.82, 2.24) is 0 Å². The first kappa shape index (κ1) is 15.1. The first-order valence-corrected chi connectivity index (χ1v) is 4.46. The molecule has 2 nitrogen and oxygen atoms in total. The van der Waals surface area contributed by atoms with Gasteiger partial charge in [0.05, 0.1) is 0 Å². The van der Waals surface area contributed by atoms with Gasteiger partial charge in [0.1, 0.15) is 5.75 Å². The Hall–Kier alpha value is -0.940. The molecule has 0 aliphatic heterocycles. The highest BCUT2D eigenvalue weighted by molar-refractivity contribution is 5.85. The topological polar surface area (TPSA) is 35.2 Å². The standard InChI is InChI=1S/C10H12F3NO.ClH/c1-7(10(11,12)13)15-9-4-2-8(6-14)3-5-9;/h2-5,7H,6,14H2,1H3;1H. The van der Waals surface area contributed by atoms with Crippen molar-refractivity contribution in [3.63, 3.8) is 0 Å². The zero-order chi connectivity index (χ0) is 11.5. The normalized spacial score (nSPS) is 12.8. The number of benzene rings is 1. The van der Waals surface area contributed by atoms with Crippen LogP contribution < -0.4 is 10.5 Å². The fourth-order valence-corrected chi connectivity index (χ4v) is 0.975.